The molecule has 0 atom stereocenters. The highest BCUT2D eigenvalue weighted by Crippen LogP contribution is 2.16. The summed E-state index contributed by atoms with van der Waals surface area (Å²) < 4.78 is 1.12. The number of nitrogens with zero attached hydrogens (tertiary/aromatic N) is 5. The van der Waals surface area contributed by atoms with Crippen molar-refractivity contribution in [2.75, 3.05) is 6.61 Å². The van der Waals surface area contributed by atoms with Crippen molar-refractivity contribution in [3.05, 3.63) is 40.7 Å². The van der Waals surface area contributed by atoms with Gasteiger partial charge < -0.3 is 10.1 Å². The monoisotopic (exact) mass is 282 g/mol. The zero-order valence-electron chi connectivity index (χ0n) is 10.8. The van der Waals surface area contributed by atoms with E-state index in [-0.39, 0.29) is 30.1 Å². The van der Waals surface area contributed by atoms with Gasteiger partial charge in [0.1, 0.15) is 11.9 Å². The molecule has 0 aromatic carbocycles. The summed E-state index contributed by atoms with van der Waals surface area (Å²) in [6.45, 7) is -0.253. The van der Waals surface area contributed by atoms with Crippen LogP contribution in [0.4, 0.5) is 0 Å². The quantitative estimate of drug-likeness (QED) is 0.700. The largest absolute Gasteiger partial charge is 0.395 e. The number of hydrogen-bond donors (Lipinski definition) is 2. The van der Waals surface area contributed by atoms with Gasteiger partial charge >= 0.3 is 0 Å². The van der Waals surface area contributed by atoms with Crippen LogP contribution in [0.15, 0.2) is 29.3 Å². The van der Waals surface area contributed by atoms with E-state index in [0.717, 1.165) is 4.57 Å². The first-order valence-electron chi connectivity index (χ1n) is 6.16. The highest BCUT2D eigenvalue weighted by Gasteiger charge is 2.15. The van der Waals surface area contributed by atoms with Gasteiger partial charge in [-0.3, -0.25) is 14.3 Å². The lowest BCUT2D eigenvalue weighted by molar-refractivity contribution is 0.273. The van der Waals surface area contributed by atoms with Crippen molar-refractivity contribution in [2.24, 2.45) is 0 Å². The van der Waals surface area contributed by atoms with Crippen molar-refractivity contribution in [3.63, 3.8) is 0 Å². The Hall–Kier alpha value is -3.05. The normalized spacial score (nSPS) is 10.7. The minimum Gasteiger partial charge on any atom is -0.395 e. The van der Waals surface area contributed by atoms with Gasteiger partial charge in [-0.15, -0.1) is 0 Å². The number of hydrogen-bond acceptors (Lipinski definition) is 6. The smallest absolute Gasteiger partial charge is 0.280 e. The minimum absolute atomic E-state index is 0.00587. The topological polar surface area (TPSA) is 120 Å². The molecule has 3 heterocycles. The highest BCUT2D eigenvalue weighted by atomic mass is 16.3. The van der Waals surface area contributed by atoms with E-state index in [1.54, 1.807) is 24.5 Å². The predicted molar refractivity (Wildman–Crippen MR) is 73.2 cm³/mol. The number of fused-ring (bicyclic) bond motifs is 1. The lowest BCUT2D eigenvalue weighted by Gasteiger charge is -2.03. The lowest BCUT2D eigenvalue weighted by atomic mass is 10.3. The van der Waals surface area contributed by atoms with Crippen LogP contribution in [-0.4, -0.2) is 36.2 Å². The summed E-state index contributed by atoms with van der Waals surface area (Å²) in [6, 6.07) is 5.38. The average molecular weight is 282 g/mol. The predicted octanol–water partition coefficient (Wildman–Crippen LogP) is 0.0456. The van der Waals surface area contributed by atoms with Gasteiger partial charge in [0.05, 0.1) is 13.2 Å². The number of aromatic amines is 1. The molecule has 8 nitrogen and oxygen atoms in total. The van der Waals surface area contributed by atoms with Crippen molar-refractivity contribution in [3.8, 4) is 17.5 Å². The molecule has 0 aliphatic heterocycles. The zero-order chi connectivity index (χ0) is 14.8. The Balaban J connectivity index is 2.25. The maximum absolute atomic E-state index is 12.3. The molecule has 0 unspecified atom stereocenters. The van der Waals surface area contributed by atoms with Crippen LogP contribution in [0.3, 0.4) is 0 Å². The number of imidazole rings is 1. The fraction of sp³-hybridized carbons (Fsp3) is 0.154. The molecule has 21 heavy (non-hydrogen) atoms. The Morgan fingerprint density at radius 2 is 2.29 bits per heavy atom. The average Bonchev–Trinajstić information content (AvgIpc) is 2.95. The number of H-pyrrole nitrogens is 1. The standard InChI is InChI=1S/C13H10N6O2/c14-6-9-16-12-10(13(21)19(9)4-5-20)17-11(18-12)8-2-1-3-15-7-8/h1-3,7,20H,4-5H2,(H,17,18). The highest BCUT2D eigenvalue weighted by molar-refractivity contribution is 5.75. The fourth-order valence-corrected chi connectivity index (χ4v) is 2.02. The van der Waals surface area contributed by atoms with E-state index in [2.05, 4.69) is 19.9 Å². The van der Waals surface area contributed by atoms with Gasteiger partial charge in [-0.1, -0.05) is 0 Å². The molecule has 0 radical (unpaired) electrons. The molecular formula is C13H10N6O2. The molecule has 0 saturated heterocycles. The van der Waals surface area contributed by atoms with Crippen LogP contribution in [0.2, 0.25) is 0 Å². The summed E-state index contributed by atoms with van der Waals surface area (Å²) in [6.07, 6.45) is 3.24. The van der Waals surface area contributed by atoms with Crippen LogP contribution >= 0.6 is 0 Å². The molecule has 3 rings (SSSR count). The van der Waals surface area contributed by atoms with Gasteiger partial charge in [0.2, 0.25) is 5.82 Å². The van der Waals surface area contributed by atoms with Crippen LogP contribution in [0.5, 0.6) is 0 Å². The van der Waals surface area contributed by atoms with Gasteiger partial charge in [0.25, 0.3) is 5.56 Å². The number of pyridine rings is 1. The molecule has 0 saturated carbocycles. The Bertz CT molecular complexity index is 891. The van der Waals surface area contributed by atoms with E-state index < -0.39 is 5.56 Å². The third-order valence-corrected chi connectivity index (χ3v) is 2.97. The van der Waals surface area contributed by atoms with E-state index in [1.807, 2.05) is 6.07 Å². The zero-order valence-corrected chi connectivity index (χ0v) is 10.8. The Morgan fingerprint density at radius 1 is 1.43 bits per heavy atom. The van der Waals surface area contributed by atoms with Crippen LogP contribution in [0.25, 0.3) is 22.6 Å². The van der Waals surface area contributed by atoms with E-state index in [4.69, 9.17) is 10.4 Å². The maximum atomic E-state index is 12.3. The first kappa shape index (κ1) is 13.0. The molecule has 0 aliphatic rings. The van der Waals surface area contributed by atoms with E-state index in [1.165, 1.54) is 0 Å². The van der Waals surface area contributed by atoms with Crippen molar-refractivity contribution in [1.29, 1.82) is 5.26 Å². The van der Waals surface area contributed by atoms with Gasteiger partial charge in [0, 0.05) is 18.0 Å². The minimum atomic E-state index is -0.437. The number of nitriles is 1. The van der Waals surface area contributed by atoms with Crippen LogP contribution in [0.1, 0.15) is 5.82 Å². The molecule has 3 aromatic rings. The molecule has 0 fully saturated rings. The number of rotatable bonds is 3. The Labute approximate surface area is 118 Å². The summed E-state index contributed by atoms with van der Waals surface area (Å²) >= 11 is 0. The van der Waals surface area contributed by atoms with Gasteiger partial charge in [-0.2, -0.15) is 10.2 Å². The fourth-order valence-electron chi connectivity index (χ4n) is 2.02. The van der Waals surface area contributed by atoms with Gasteiger partial charge in [-0.05, 0) is 12.1 Å². The third kappa shape index (κ3) is 2.15. The van der Waals surface area contributed by atoms with Crippen LogP contribution in [0, 0.1) is 11.3 Å². The summed E-state index contributed by atoms with van der Waals surface area (Å²) in [5.74, 6) is 0.374. The second kappa shape index (κ2) is 5.15. The molecule has 2 N–H and O–H groups in total. The summed E-state index contributed by atoms with van der Waals surface area (Å²) in [7, 11) is 0. The van der Waals surface area contributed by atoms with Crippen molar-refractivity contribution < 1.29 is 5.11 Å². The van der Waals surface area contributed by atoms with Crippen LogP contribution < -0.4 is 5.56 Å². The number of aliphatic hydroxyl groups excluding tert-OH is 1. The molecule has 104 valence electrons. The number of aliphatic hydroxyl groups is 1. The van der Waals surface area contributed by atoms with Gasteiger partial charge in [0.15, 0.2) is 11.2 Å². The molecule has 0 bridgehead atoms. The molecule has 0 amide bonds. The summed E-state index contributed by atoms with van der Waals surface area (Å²) in [4.78, 5) is 27.5. The second-order valence-electron chi connectivity index (χ2n) is 4.25. The SMILES string of the molecule is N#Cc1nc2nc(-c3cccnc3)[nH]c2c(=O)n1CCO. The Kier molecular flexibility index (Phi) is 3.17. The first-order chi connectivity index (χ1) is 10.2. The van der Waals surface area contributed by atoms with Crippen molar-refractivity contribution in [2.45, 2.75) is 6.54 Å². The van der Waals surface area contributed by atoms with Crippen molar-refractivity contribution in [1.82, 2.24) is 24.5 Å². The number of aromatic nitrogens is 5. The van der Waals surface area contributed by atoms with Crippen LogP contribution in [-0.2, 0) is 6.54 Å². The van der Waals surface area contributed by atoms with Gasteiger partial charge in [-0.25, -0.2) is 4.98 Å². The van der Waals surface area contributed by atoms with E-state index >= 15 is 0 Å². The molecule has 8 heteroatoms. The summed E-state index contributed by atoms with van der Waals surface area (Å²) in [5.41, 5.74) is 0.640. The molecule has 0 spiro atoms. The number of nitrogens with one attached hydrogen (secondary N) is 1. The van der Waals surface area contributed by atoms with E-state index in [9.17, 15) is 4.79 Å². The molecule has 3 aromatic heterocycles. The molecular weight excluding hydrogens is 272 g/mol. The lowest BCUT2D eigenvalue weighted by Crippen LogP contribution is -2.25. The second-order valence-corrected chi connectivity index (χ2v) is 4.25. The molecule has 0 aliphatic carbocycles. The van der Waals surface area contributed by atoms with Crippen molar-refractivity contribution >= 4 is 11.2 Å². The maximum Gasteiger partial charge on any atom is 0.280 e. The Morgan fingerprint density at radius 3 is 2.95 bits per heavy atom. The summed E-state index contributed by atoms with van der Waals surface area (Å²) in [5, 5.41) is 18.0. The third-order valence-electron chi connectivity index (χ3n) is 2.97. The van der Waals surface area contributed by atoms with E-state index in [0.29, 0.717) is 11.4 Å². The first-order valence-corrected chi connectivity index (χ1v) is 6.16.